The van der Waals surface area contributed by atoms with E-state index >= 15 is 0 Å². The first-order valence-electron chi connectivity index (χ1n) is 9.20. The van der Waals surface area contributed by atoms with Gasteiger partial charge in [-0.3, -0.25) is 4.68 Å². The van der Waals surface area contributed by atoms with Gasteiger partial charge < -0.3 is 9.64 Å². The predicted octanol–water partition coefficient (Wildman–Crippen LogP) is 2.57. The molecular weight excluding hydrogens is 314 g/mol. The molecule has 0 saturated heterocycles. The van der Waals surface area contributed by atoms with Crippen molar-refractivity contribution in [1.82, 2.24) is 24.6 Å². The molecular formula is C19H27N5O. The second-order valence-electron chi connectivity index (χ2n) is 7.53. The van der Waals surface area contributed by atoms with Crippen molar-refractivity contribution in [2.75, 3.05) is 21.2 Å². The molecule has 2 heterocycles. The average molecular weight is 341 g/mol. The smallest absolute Gasteiger partial charge is 0.226 e. The Bertz CT molecular complexity index is 778. The fraction of sp³-hybridized carbons (Fsp3) is 0.632. The Labute approximate surface area is 149 Å². The molecule has 2 aliphatic carbocycles. The van der Waals surface area contributed by atoms with Crippen LogP contribution in [0.15, 0.2) is 6.33 Å². The highest BCUT2D eigenvalue weighted by molar-refractivity contribution is 5.72. The van der Waals surface area contributed by atoms with Gasteiger partial charge >= 0.3 is 0 Å². The summed E-state index contributed by atoms with van der Waals surface area (Å²) >= 11 is 0. The molecule has 1 atom stereocenters. The van der Waals surface area contributed by atoms with E-state index in [0.717, 1.165) is 29.8 Å². The minimum atomic E-state index is 0.532. The Kier molecular flexibility index (Phi) is 4.23. The molecule has 0 N–H and O–H groups in total. The number of fused-ring (bicyclic) bond motifs is 1. The van der Waals surface area contributed by atoms with Gasteiger partial charge in [0.05, 0.1) is 18.4 Å². The van der Waals surface area contributed by atoms with Crippen molar-refractivity contribution in [2.24, 2.45) is 7.05 Å². The Morgan fingerprint density at radius 3 is 2.68 bits per heavy atom. The van der Waals surface area contributed by atoms with Crippen LogP contribution in [0.5, 0.6) is 5.88 Å². The van der Waals surface area contributed by atoms with Gasteiger partial charge in [-0.25, -0.2) is 9.97 Å². The highest BCUT2D eigenvalue weighted by atomic mass is 16.5. The minimum absolute atomic E-state index is 0.532. The van der Waals surface area contributed by atoms with Crippen LogP contribution in [0.3, 0.4) is 0 Å². The summed E-state index contributed by atoms with van der Waals surface area (Å²) in [7, 11) is 8.10. The lowest BCUT2D eigenvalue weighted by Crippen LogP contribution is -2.30. The highest BCUT2D eigenvalue weighted by Crippen LogP contribution is 2.46. The van der Waals surface area contributed by atoms with E-state index in [2.05, 4.69) is 40.7 Å². The quantitative estimate of drug-likeness (QED) is 0.800. The summed E-state index contributed by atoms with van der Waals surface area (Å²) in [4.78, 5) is 11.3. The van der Waals surface area contributed by atoms with Crippen LogP contribution in [0, 0.1) is 0 Å². The van der Waals surface area contributed by atoms with Crippen molar-refractivity contribution in [1.29, 1.82) is 0 Å². The molecule has 0 radical (unpaired) electrons. The van der Waals surface area contributed by atoms with Gasteiger partial charge in [0.25, 0.3) is 0 Å². The molecule has 1 fully saturated rings. The highest BCUT2D eigenvalue weighted by Gasteiger charge is 2.33. The maximum atomic E-state index is 5.60. The Morgan fingerprint density at radius 1 is 1.20 bits per heavy atom. The summed E-state index contributed by atoms with van der Waals surface area (Å²) in [5.74, 6) is 1.19. The predicted molar refractivity (Wildman–Crippen MR) is 96.9 cm³/mol. The van der Waals surface area contributed by atoms with Gasteiger partial charge in [0, 0.05) is 36.7 Å². The molecule has 0 spiro atoms. The Balaban J connectivity index is 1.85. The van der Waals surface area contributed by atoms with E-state index in [1.165, 1.54) is 36.9 Å². The zero-order chi connectivity index (χ0) is 17.6. The van der Waals surface area contributed by atoms with Crippen molar-refractivity contribution >= 4 is 0 Å². The molecule has 6 heteroatoms. The molecule has 1 unspecified atom stereocenters. The number of aryl methyl sites for hydroxylation is 1. The van der Waals surface area contributed by atoms with Crippen molar-refractivity contribution in [3.8, 4) is 17.1 Å². The topological polar surface area (TPSA) is 56.1 Å². The number of nitrogens with zero attached hydrogens (tertiary/aromatic N) is 5. The first kappa shape index (κ1) is 16.5. The monoisotopic (exact) mass is 341 g/mol. The van der Waals surface area contributed by atoms with Gasteiger partial charge in [0.2, 0.25) is 5.88 Å². The van der Waals surface area contributed by atoms with Crippen LogP contribution in [0.4, 0.5) is 0 Å². The first-order chi connectivity index (χ1) is 12.1. The maximum Gasteiger partial charge on any atom is 0.226 e. The molecule has 0 amide bonds. The number of hydrogen-bond donors (Lipinski definition) is 0. The zero-order valence-corrected chi connectivity index (χ0v) is 15.6. The van der Waals surface area contributed by atoms with Gasteiger partial charge in [0.15, 0.2) is 0 Å². The normalized spacial score (nSPS) is 20.4. The number of likely N-dealkylation sites (N-methyl/N-ethyl adjacent to an activating group) is 1. The second-order valence-corrected chi connectivity index (χ2v) is 7.53. The number of methoxy groups -OCH3 is 1. The van der Waals surface area contributed by atoms with E-state index in [1.807, 2.05) is 0 Å². The summed E-state index contributed by atoms with van der Waals surface area (Å²) in [6.45, 7) is 0. The third-order valence-corrected chi connectivity index (χ3v) is 5.63. The molecule has 2 aromatic rings. The van der Waals surface area contributed by atoms with Crippen molar-refractivity contribution in [2.45, 2.75) is 50.5 Å². The largest absolute Gasteiger partial charge is 0.480 e. The van der Waals surface area contributed by atoms with Gasteiger partial charge in [-0.15, -0.1) is 0 Å². The Morgan fingerprint density at radius 2 is 2.00 bits per heavy atom. The molecule has 0 aliphatic heterocycles. The van der Waals surface area contributed by atoms with Crippen LogP contribution in [-0.2, 0) is 19.9 Å². The van der Waals surface area contributed by atoms with E-state index in [1.54, 1.807) is 13.4 Å². The molecule has 1 saturated carbocycles. The number of rotatable bonds is 4. The van der Waals surface area contributed by atoms with Crippen LogP contribution in [-0.4, -0.2) is 51.9 Å². The molecule has 25 heavy (non-hydrogen) atoms. The van der Waals surface area contributed by atoms with Crippen LogP contribution in [0.2, 0.25) is 0 Å². The van der Waals surface area contributed by atoms with Crippen LogP contribution >= 0.6 is 0 Å². The molecule has 134 valence electrons. The lowest BCUT2D eigenvalue weighted by atomic mass is 10.00. The fourth-order valence-corrected chi connectivity index (χ4v) is 4.03. The van der Waals surface area contributed by atoms with E-state index in [4.69, 9.17) is 9.84 Å². The van der Waals surface area contributed by atoms with Crippen LogP contribution in [0.1, 0.15) is 48.6 Å². The van der Waals surface area contributed by atoms with Crippen molar-refractivity contribution in [3.63, 3.8) is 0 Å². The van der Waals surface area contributed by atoms with E-state index < -0.39 is 0 Å². The number of hydrogen-bond acceptors (Lipinski definition) is 5. The fourth-order valence-electron chi connectivity index (χ4n) is 4.03. The SMILES string of the molecule is COc1ncnc(C2CC2)c1-c1nn(C)c2c1CCCC(N(C)C)C2. The van der Waals surface area contributed by atoms with Gasteiger partial charge in [-0.2, -0.15) is 5.10 Å². The first-order valence-corrected chi connectivity index (χ1v) is 9.20. The number of aromatic nitrogens is 4. The van der Waals surface area contributed by atoms with Gasteiger partial charge in [-0.05, 0) is 46.2 Å². The van der Waals surface area contributed by atoms with E-state index in [0.29, 0.717) is 17.8 Å². The molecule has 2 aromatic heterocycles. The summed E-state index contributed by atoms with van der Waals surface area (Å²) in [6, 6.07) is 0.571. The molecule has 4 rings (SSSR count). The van der Waals surface area contributed by atoms with Gasteiger partial charge in [-0.1, -0.05) is 0 Å². The zero-order valence-electron chi connectivity index (χ0n) is 15.6. The van der Waals surface area contributed by atoms with Gasteiger partial charge in [0.1, 0.15) is 12.0 Å². The molecule has 2 aliphatic rings. The van der Waals surface area contributed by atoms with E-state index in [-0.39, 0.29) is 0 Å². The second kappa shape index (κ2) is 6.41. The van der Waals surface area contributed by atoms with Crippen LogP contribution < -0.4 is 4.74 Å². The molecule has 6 nitrogen and oxygen atoms in total. The summed E-state index contributed by atoms with van der Waals surface area (Å²) < 4.78 is 7.67. The van der Waals surface area contributed by atoms with Crippen LogP contribution in [0.25, 0.3) is 11.3 Å². The third kappa shape index (κ3) is 2.92. The minimum Gasteiger partial charge on any atom is -0.480 e. The Hall–Kier alpha value is -1.95. The van der Waals surface area contributed by atoms with Crippen molar-refractivity contribution in [3.05, 3.63) is 23.3 Å². The maximum absolute atomic E-state index is 5.60. The molecule has 0 aromatic carbocycles. The lowest BCUT2D eigenvalue weighted by Gasteiger charge is -2.22. The molecule has 0 bridgehead atoms. The van der Waals surface area contributed by atoms with Crippen molar-refractivity contribution < 1.29 is 4.74 Å². The summed E-state index contributed by atoms with van der Waals surface area (Å²) in [5.41, 5.74) is 5.88. The third-order valence-electron chi connectivity index (χ3n) is 5.63. The summed E-state index contributed by atoms with van der Waals surface area (Å²) in [5, 5.41) is 4.92. The van der Waals surface area contributed by atoms with E-state index in [9.17, 15) is 0 Å². The lowest BCUT2D eigenvalue weighted by molar-refractivity contribution is 0.273. The average Bonchev–Trinajstić information content (AvgIpc) is 3.42. The summed E-state index contributed by atoms with van der Waals surface area (Å²) in [6.07, 6.45) is 8.53. The number of ether oxygens (including phenoxy) is 1. The standard InChI is InChI=1S/C19H27N5O/c1-23(2)13-6-5-7-14-15(10-13)24(3)22-18(14)16-17(12-8-9-12)20-11-21-19(16)25-4/h11-13H,5-10H2,1-4H3.